The van der Waals surface area contributed by atoms with Crippen LogP contribution in [0.4, 0.5) is 4.39 Å². The van der Waals surface area contributed by atoms with Crippen LogP contribution >= 0.6 is 0 Å². The molecule has 1 rings (SSSR count). The highest BCUT2D eigenvalue weighted by Crippen LogP contribution is 2.28. The number of hydrogen-bond donors (Lipinski definition) is 1. The van der Waals surface area contributed by atoms with Gasteiger partial charge in [0.15, 0.2) is 0 Å². The monoisotopic (exact) mass is 237 g/mol. The Labute approximate surface area is 104 Å². The third-order valence-corrected chi connectivity index (χ3v) is 2.84. The number of hydrogen-bond acceptors (Lipinski definition) is 1. The molecular weight excluding hydrogens is 213 g/mol. The molecule has 0 aliphatic carbocycles. The SMILES string of the molecule is CC(C)(N)CC(F)c1ccc(C(C)(C)C)cc1. The molecule has 0 bridgehead atoms. The summed E-state index contributed by atoms with van der Waals surface area (Å²) in [7, 11) is 0. The van der Waals surface area contributed by atoms with Crippen LogP contribution in [0.25, 0.3) is 0 Å². The lowest BCUT2D eigenvalue weighted by Gasteiger charge is -2.23. The van der Waals surface area contributed by atoms with Crippen molar-refractivity contribution in [2.24, 2.45) is 5.73 Å². The minimum atomic E-state index is -0.982. The van der Waals surface area contributed by atoms with Crippen molar-refractivity contribution in [3.8, 4) is 0 Å². The molecule has 1 atom stereocenters. The number of rotatable bonds is 3. The standard InChI is InChI=1S/C15H24FN/c1-14(2,3)12-8-6-11(7-9-12)13(16)10-15(4,5)17/h6-9,13H,10,17H2,1-5H3. The fourth-order valence-corrected chi connectivity index (χ4v) is 1.77. The van der Waals surface area contributed by atoms with Crippen molar-refractivity contribution in [3.63, 3.8) is 0 Å². The molecule has 0 saturated heterocycles. The van der Waals surface area contributed by atoms with Gasteiger partial charge in [-0.1, -0.05) is 45.0 Å². The third-order valence-electron chi connectivity index (χ3n) is 2.84. The van der Waals surface area contributed by atoms with Crippen LogP contribution < -0.4 is 5.73 Å². The lowest BCUT2D eigenvalue weighted by Crippen LogP contribution is -2.33. The minimum Gasteiger partial charge on any atom is -0.325 e. The Balaban J connectivity index is 2.81. The third kappa shape index (κ3) is 4.47. The quantitative estimate of drug-likeness (QED) is 0.840. The first kappa shape index (κ1) is 14.2. The van der Waals surface area contributed by atoms with Crippen molar-refractivity contribution in [1.82, 2.24) is 0 Å². The second-order valence-electron chi connectivity index (χ2n) is 6.53. The summed E-state index contributed by atoms with van der Waals surface area (Å²) in [5, 5.41) is 0. The summed E-state index contributed by atoms with van der Waals surface area (Å²) in [6.07, 6.45) is -0.633. The molecule has 1 unspecified atom stereocenters. The summed E-state index contributed by atoms with van der Waals surface area (Å²) in [5.41, 5.74) is 7.41. The van der Waals surface area contributed by atoms with Crippen molar-refractivity contribution in [2.45, 2.75) is 58.2 Å². The molecule has 2 N–H and O–H groups in total. The first-order chi connectivity index (χ1) is 7.59. The highest BCUT2D eigenvalue weighted by atomic mass is 19.1. The maximum Gasteiger partial charge on any atom is 0.127 e. The Bertz CT molecular complexity index is 354. The van der Waals surface area contributed by atoms with Crippen molar-refractivity contribution in [3.05, 3.63) is 35.4 Å². The second-order valence-corrected chi connectivity index (χ2v) is 6.53. The molecule has 1 aromatic carbocycles. The average molecular weight is 237 g/mol. The van der Waals surface area contributed by atoms with Gasteiger partial charge in [-0.3, -0.25) is 0 Å². The highest BCUT2D eigenvalue weighted by Gasteiger charge is 2.20. The van der Waals surface area contributed by atoms with E-state index < -0.39 is 11.7 Å². The van der Waals surface area contributed by atoms with Gasteiger partial charge in [-0.25, -0.2) is 4.39 Å². The summed E-state index contributed by atoms with van der Waals surface area (Å²) in [6, 6.07) is 7.75. The van der Waals surface area contributed by atoms with Crippen LogP contribution in [0.2, 0.25) is 0 Å². The molecule has 1 aromatic rings. The molecule has 0 fully saturated rings. The lowest BCUT2D eigenvalue weighted by atomic mass is 9.86. The van der Waals surface area contributed by atoms with Crippen LogP contribution in [0.5, 0.6) is 0 Å². The van der Waals surface area contributed by atoms with Gasteiger partial charge < -0.3 is 5.73 Å². The van der Waals surface area contributed by atoms with Gasteiger partial charge in [0.1, 0.15) is 6.17 Å². The van der Waals surface area contributed by atoms with E-state index in [9.17, 15) is 4.39 Å². The van der Waals surface area contributed by atoms with E-state index in [0.29, 0.717) is 6.42 Å². The first-order valence-electron chi connectivity index (χ1n) is 6.13. The molecule has 2 heteroatoms. The number of benzene rings is 1. The van der Waals surface area contributed by atoms with Crippen LogP contribution in [0.3, 0.4) is 0 Å². The van der Waals surface area contributed by atoms with E-state index >= 15 is 0 Å². The van der Waals surface area contributed by atoms with E-state index in [4.69, 9.17) is 5.73 Å². The van der Waals surface area contributed by atoms with E-state index in [0.717, 1.165) is 5.56 Å². The van der Waals surface area contributed by atoms with Gasteiger partial charge in [-0.05, 0) is 30.4 Å². The summed E-state index contributed by atoms with van der Waals surface area (Å²) in [5.74, 6) is 0. The zero-order chi connectivity index (χ0) is 13.3. The predicted octanol–water partition coefficient (Wildman–Crippen LogP) is 4.12. The molecule has 0 spiro atoms. The Morgan fingerprint density at radius 2 is 1.53 bits per heavy atom. The van der Waals surface area contributed by atoms with Crippen LogP contribution in [-0.2, 0) is 5.41 Å². The molecule has 0 aliphatic rings. The summed E-state index contributed by atoms with van der Waals surface area (Å²) < 4.78 is 14.0. The van der Waals surface area contributed by atoms with Gasteiger partial charge in [-0.2, -0.15) is 0 Å². The van der Waals surface area contributed by atoms with Gasteiger partial charge in [0.2, 0.25) is 0 Å². The first-order valence-corrected chi connectivity index (χ1v) is 6.13. The maximum atomic E-state index is 14.0. The van der Waals surface area contributed by atoms with E-state index in [2.05, 4.69) is 20.8 Å². The Morgan fingerprint density at radius 1 is 1.06 bits per heavy atom. The second kappa shape index (κ2) is 4.77. The molecule has 96 valence electrons. The van der Waals surface area contributed by atoms with E-state index in [-0.39, 0.29) is 5.41 Å². The van der Waals surface area contributed by atoms with Crippen molar-refractivity contribution >= 4 is 0 Å². The van der Waals surface area contributed by atoms with Crippen molar-refractivity contribution in [1.29, 1.82) is 0 Å². The minimum absolute atomic E-state index is 0.109. The topological polar surface area (TPSA) is 26.0 Å². The molecule has 17 heavy (non-hydrogen) atoms. The number of nitrogens with two attached hydrogens (primary N) is 1. The van der Waals surface area contributed by atoms with Gasteiger partial charge in [0.05, 0.1) is 0 Å². The highest BCUT2D eigenvalue weighted by molar-refractivity contribution is 5.28. The summed E-state index contributed by atoms with van der Waals surface area (Å²) in [6.45, 7) is 10.2. The fourth-order valence-electron chi connectivity index (χ4n) is 1.77. The molecular formula is C15H24FN. The van der Waals surface area contributed by atoms with Gasteiger partial charge >= 0.3 is 0 Å². The number of alkyl halides is 1. The maximum absolute atomic E-state index is 14.0. The zero-order valence-corrected chi connectivity index (χ0v) is 11.5. The van der Waals surface area contributed by atoms with Crippen LogP contribution in [0.1, 0.15) is 58.3 Å². The smallest absolute Gasteiger partial charge is 0.127 e. The van der Waals surface area contributed by atoms with Gasteiger partial charge in [0, 0.05) is 12.0 Å². The zero-order valence-electron chi connectivity index (χ0n) is 11.5. The summed E-state index contributed by atoms with van der Waals surface area (Å²) in [4.78, 5) is 0. The molecule has 0 saturated carbocycles. The Hall–Kier alpha value is -0.890. The number of halogens is 1. The predicted molar refractivity (Wildman–Crippen MR) is 71.9 cm³/mol. The van der Waals surface area contributed by atoms with Gasteiger partial charge in [0.25, 0.3) is 0 Å². The fraction of sp³-hybridized carbons (Fsp3) is 0.600. The van der Waals surface area contributed by atoms with Crippen LogP contribution in [0.15, 0.2) is 24.3 Å². The Kier molecular flexibility index (Phi) is 3.98. The average Bonchev–Trinajstić information content (AvgIpc) is 2.14. The summed E-state index contributed by atoms with van der Waals surface area (Å²) >= 11 is 0. The lowest BCUT2D eigenvalue weighted by molar-refractivity contribution is 0.267. The van der Waals surface area contributed by atoms with E-state index in [1.165, 1.54) is 5.56 Å². The van der Waals surface area contributed by atoms with Crippen LogP contribution in [-0.4, -0.2) is 5.54 Å². The molecule has 0 amide bonds. The van der Waals surface area contributed by atoms with Crippen molar-refractivity contribution in [2.75, 3.05) is 0 Å². The molecule has 0 radical (unpaired) electrons. The largest absolute Gasteiger partial charge is 0.325 e. The van der Waals surface area contributed by atoms with Gasteiger partial charge in [-0.15, -0.1) is 0 Å². The molecule has 0 aliphatic heterocycles. The Morgan fingerprint density at radius 3 is 1.88 bits per heavy atom. The molecule has 1 nitrogen and oxygen atoms in total. The van der Waals surface area contributed by atoms with Crippen LogP contribution in [0, 0.1) is 0 Å². The van der Waals surface area contributed by atoms with Crippen molar-refractivity contribution < 1.29 is 4.39 Å². The molecule has 0 heterocycles. The normalized spacial score (nSPS) is 14.8. The van der Waals surface area contributed by atoms with E-state index in [1.54, 1.807) is 0 Å². The van der Waals surface area contributed by atoms with E-state index in [1.807, 2.05) is 38.1 Å². The molecule has 0 aromatic heterocycles.